The fraction of sp³-hybridized carbons (Fsp3) is 0.500. The molecule has 2 N–H and O–H groups in total. The van der Waals surface area contributed by atoms with Crippen LogP contribution >= 0.6 is 11.8 Å². The van der Waals surface area contributed by atoms with Crippen LogP contribution in [0, 0.1) is 5.82 Å². The SMILES string of the molecule is O=C1NC(C(=O)N2CCNCC2)CSC1Cc1ccccc1F. The maximum absolute atomic E-state index is 13.7. The Morgan fingerprint density at radius 2 is 2.04 bits per heavy atom. The molecule has 1 aromatic rings. The number of benzene rings is 1. The summed E-state index contributed by atoms with van der Waals surface area (Å²) in [6, 6.07) is 6.02. The van der Waals surface area contributed by atoms with Gasteiger partial charge in [-0.25, -0.2) is 4.39 Å². The molecule has 2 fully saturated rings. The number of carbonyl (C=O) groups is 2. The summed E-state index contributed by atoms with van der Waals surface area (Å²) < 4.78 is 13.7. The van der Waals surface area contributed by atoms with Crippen molar-refractivity contribution in [2.45, 2.75) is 17.7 Å². The number of nitrogens with zero attached hydrogens (tertiary/aromatic N) is 1. The van der Waals surface area contributed by atoms with Crippen molar-refractivity contribution < 1.29 is 14.0 Å². The molecule has 1 aromatic carbocycles. The summed E-state index contributed by atoms with van der Waals surface area (Å²) in [5.74, 6) is 0.0442. The highest BCUT2D eigenvalue weighted by Crippen LogP contribution is 2.24. The summed E-state index contributed by atoms with van der Waals surface area (Å²) in [5, 5.41) is 5.66. The standard InChI is InChI=1S/C16H20FN3O2S/c17-12-4-2-1-3-11(12)9-14-15(21)19-13(10-23-14)16(22)20-7-5-18-6-8-20/h1-4,13-14,18H,5-10H2,(H,19,21). The number of hydrogen-bond donors (Lipinski definition) is 2. The van der Waals surface area contributed by atoms with Crippen LogP contribution in [0.2, 0.25) is 0 Å². The van der Waals surface area contributed by atoms with Crippen molar-refractivity contribution in [1.29, 1.82) is 0 Å². The maximum atomic E-state index is 13.7. The van der Waals surface area contributed by atoms with Gasteiger partial charge in [-0.05, 0) is 18.1 Å². The van der Waals surface area contributed by atoms with Crippen LogP contribution in [0.25, 0.3) is 0 Å². The summed E-state index contributed by atoms with van der Waals surface area (Å²) in [7, 11) is 0. The molecule has 2 amide bonds. The van der Waals surface area contributed by atoms with Crippen molar-refractivity contribution in [3.05, 3.63) is 35.6 Å². The van der Waals surface area contributed by atoms with Crippen LogP contribution in [0.4, 0.5) is 4.39 Å². The zero-order valence-corrected chi connectivity index (χ0v) is 13.6. The minimum absolute atomic E-state index is 0.0170. The number of carbonyl (C=O) groups excluding carboxylic acids is 2. The van der Waals surface area contributed by atoms with Crippen molar-refractivity contribution in [1.82, 2.24) is 15.5 Å². The van der Waals surface area contributed by atoms with E-state index in [0.717, 1.165) is 13.1 Å². The fourth-order valence-electron chi connectivity index (χ4n) is 2.85. The molecule has 2 unspecified atom stereocenters. The van der Waals surface area contributed by atoms with Gasteiger partial charge in [0.2, 0.25) is 11.8 Å². The Bertz CT molecular complexity index is 592. The molecule has 3 rings (SSSR count). The molecule has 2 aliphatic rings. The Balaban J connectivity index is 1.58. The highest BCUT2D eigenvalue weighted by molar-refractivity contribution is 8.00. The highest BCUT2D eigenvalue weighted by atomic mass is 32.2. The van der Waals surface area contributed by atoms with Crippen LogP contribution in [0.1, 0.15) is 5.56 Å². The van der Waals surface area contributed by atoms with Gasteiger partial charge in [0.1, 0.15) is 11.9 Å². The molecule has 0 aromatic heterocycles. The molecule has 2 saturated heterocycles. The fourth-order valence-corrected chi connectivity index (χ4v) is 4.02. The van der Waals surface area contributed by atoms with Gasteiger partial charge in [-0.2, -0.15) is 0 Å². The molecule has 2 heterocycles. The molecule has 7 heteroatoms. The smallest absolute Gasteiger partial charge is 0.246 e. The van der Waals surface area contributed by atoms with Gasteiger partial charge in [-0.15, -0.1) is 11.8 Å². The van der Waals surface area contributed by atoms with Crippen LogP contribution < -0.4 is 10.6 Å². The number of hydrogen-bond acceptors (Lipinski definition) is 4. The molecule has 5 nitrogen and oxygen atoms in total. The van der Waals surface area contributed by atoms with Gasteiger partial charge in [0, 0.05) is 31.9 Å². The van der Waals surface area contributed by atoms with Crippen molar-refractivity contribution in [2.24, 2.45) is 0 Å². The molecule has 23 heavy (non-hydrogen) atoms. The molecule has 0 radical (unpaired) electrons. The number of halogens is 1. The molecule has 0 bridgehead atoms. The summed E-state index contributed by atoms with van der Waals surface area (Å²) in [6.45, 7) is 2.92. The lowest BCUT2D eigenvalue weighted by Gasteiger charge is -2.34. The summed E-state index contributed by atoms with van der Waals surface area (Å²) in [6.07, 6.45) is 0.345. The highest BCUT2D eigenvalue weighted by Gasteiger charge is 2.35. The Morgan fingerprint density at radius 1 is 1.30 bits per heavy atom. The zero-order valence-electron chi connectivity index (χ0n) is 12.8. The van der Waals surface area contributed by atoms with E-state index in [4.69, 9.17) is 0 Å². The Hall–Kier alpha value is -1.60. The Morgan fingerprint density at radius 3 is 2.74 bits per heavy atom. The second-order valence-corrected chi connectivity index (χ2v) is 6.99. The second kappa shape index (κ2) is 7.31. The second-order valence-electron chi connectivity index (χ2n) is 5.75. The first-order valence-corrected chi connectivity index (χ1v) is 8.85. The monoisotopic (exact) mass is 337 g/mol. The van der Waals surface area contributed by atoms with Crippen LogP contribution in [0.15, 0.2) is 24.3 Å². The van der Waals surface area contributed by atoms with Gasteiger partial charge in [-0.1, -0.05) is 18.2 Å². The zero-order chi connectivity index (χ0) is 16.2. The van der Waals surface area contributed by atoms with E-state index < -0.39 is 6.04 Å². The molecule has 0 spiro atoms. The Kier molecular flexibility index (Phi) is 5.17. The number of rotatable bonds is 3. The van der Waals surface area contributed by atoms with Crippen molar-refractivity contribution >= 4 is 23.6 Å². The average molecular weight is 337 g/mol. The molecule has 124 valence electrons. The van der Waals surface area contributed by atoms with Gasteiger partial charge in [0.05, 0.1) is 5.25 Å². The van der Waals surface area contributed by atoms with Gasteiger partial charge in [-0.3, -0.25) is 9.59 Å². The van der Waals surface area contributed by atoms with E-state index >= 15 is 0 Å². The number of piperazine rings is 1. The van der Waals surface area contributed by atoms with E-state index in [2.05, 4.69) is 10.6 Å². The number of nitrogens with one attached hydrogen (secondary N) is 2. The van der Waals surface area contributed by atoms with Gasteiger partial charge >= 0.3 is 0 Å². The number of thioether (sulfide) groups is 1. The average Bonchev–Trinajstić information content (AvgIpc) is 2.58. The lowest BCUT2D eigenvalue weighted by atomic mass is 10.1. The molecular formula is C16H20FN3O2S. The predicted octanol–water partition coefficient (Wildman–Crippen LogP) is 0.400. The van der Waals surface area contributed by atoms with Crippen molar-refractivity contribution in [3.8, 4) is 0 Å². The first kappa shape index (κ1) is 16.3. The third-order valence-corrected chi connectivity index (χ3v) is 5.47. The topological polar surface area (TPSA) is 61.4 Å². The van der Waals surface area contributed by atoms with Crippen molar-refractivity contribution in [2.75, 3.05) is 31.9 Å². The van der Waals surface area contributed by atoms with Gasteiger partial charge in [0.15, 0.2) is 0 Å². The molecule has 2 aliphatic heterocycles. The van der Waals surface area contributed by atoms with E-state index in [1.165, 1.54) is 17.8 Å². The summed E-state index contributed by atoms with van der Waals surface area (Å²) >= 11 is 1.43. The largest absolute Gasteiger partial charge is 0.343 e. The van der Waals surface area contributed by atoms with E-state index in [-0.39, 0.29) is 22.9 Å². The Labute approximate surface area is 139 Å². The van der Waals surface area contributed by atoms with Gasteiger partial charge in [0.25, 0.3) is 0 Å². The first-order chi connectivity index (χ1) is 11.1. The van der Waals surface area contributed by atoms with E-state index in [9.17, 15) is 14.0 Å². The lowest BCUT2D eigenvalue weighted by molar-refractivity contribution is -0.136. The lowest BCUT2D eigenvalue weighted by Crippen LogP contribution is -2.58. The molecular weight excluding hydrogens is 317 g/mol. The normalized spacial score (nSPS) is 25.1. The molecule has 2 atom stereocenters. The third kappa shape index (κ3) is 3.84. The minimum Gasteiger partial charge on any atom is -0.343 e. The molecule has 0 aliphatic carbocycles. The third-order valence-electron chi connectivity index (χ3n) is 4.16. The first-order valence-electron chi connectivity index (χ1n) is 7.80. The summed E-state index contributed by atoms with van der Waals surface area (Å²) in [5.41, 5.74) is 0.534. The maximum Gasteiger partial charge on any atom is 0.246 e. The van der Waals surface area contributed by atoms with Crippen LogP contribution in [-0.4, -0.2) is 59.9 Å². The number of amides is 2. The van der Waals surface area contributed by atoms with Gasteiger partial charge < -0.3 is 15.5 Å². The predicted molar refractivity (Wildman–Crippen MR) is 87.7 cm³/mol. The van der Waals surface area contributed by atoms with E-state index in [1.807, 2.05) is 0 Å². The van der Waals surface area contributed by atoms with E-state index in [0.29, 0.717) is 30.8 Å². The quantitative estimate of drug-likeness (QED) is 0.838. The van der Waals surface area contributed by atoms with E-state index in [1.54, 1.807) is 23.1 Å². The summed E-state index contributed by atoms with van der Waals surface area (Å²) in [4.78, 5) is 26.5. The molecule has 0 saturated carbocycles. The minimum atomic E-state index is -0.470. The van der Waals surface area contributed by atoms with Crippen molar-refractivity contribution in [3.63, 3.8) is 0 Å². The van der Waals surface area contributed by atoms with Crippen LogP contribution in [0.5, 0.6) is 0 Å². The van der Waals surface area contributed by atoms with Crippen LogP contribution in [0.3, 0.4) is 0 Å². The van der Waals surface area contributed by atoms with Crippen LogP contribution in [-0.2, 0) is 16.0 Å².